The van der Waals surface area contributed by atoms with Gasteiger partial charge in [-0.25, -0.2) is 9.79 Å². The van der Waals surface area contributed by atoms with Gasteiger partial charge < -0.3 is 25.3 Å². The first-order valence-electron chi connectivity index (χ1n) is 7.53. The van der Waals surface area contributed by atoms with Crippen LogP contribution >= 0.6 is 0 Å². The molecule has 0 bridgehead atoms. The van der Waals surface area contributed by atoms with E-state index in [4.69, 9.17) is 19.9 Å². The molecular weight excluding hydrogens is 322 g/mol. The second kappa shape index (κ2) is 8.58. The van der Waals surface area contributed by atoms with Gasteiger partial charge in [0.25, 0.3) is 0 Å². The summed E-state index contributed by atoms with van der Waals surface area (Å²) in [5, 5.41) is 2.99. The van der Waals surface area contributed by atoms with E-state index in [1.807, 2.05) is 12.1 Å². The first kappa shape index (κ1) is 18.1. The van der Waals surface area contributed by atoms with Crippen LogP contribution in [0, 0.1) is 0 Å². The number of aliphatic imine (C=N–C) groups is 1. The van der Waals surface area contributed by atoms with Crippen molar-refractivity contribution in [1.29, 1.82) is 0 Å². The van der Waals surface area contributed by atoms with E-state index in [-0.39, 0.29) is 11.9 Å². The lowest BCUT2D eigenvalue weighted by Crippen LogP contribution is -2.22. The molecule has 2 rings (SSSR count). The van der Waals surface area contributed by atoms with E-state index in [1.54, 1.807) is 44.6 Å². The SMILES string of the molecule is COC(=O)c1cccc(CN=C(N)Nc2ccc(OC)c(OC)c2)c1. The van der Waals surface area contributed by atoms with Crippen molar-refractivity contribution in [3.8, 4) is 11.5 Å². The molecule has 0 heterocycles. The van der Waals surface area contributed by atoms with Crippen molar-refractivity contribution < 1.29 is 19.0 Å². The second-order valence-electron chi connectivity index (χ2n) is 5.09. The fourth-order valence-electron chi connectivity index (χ4n) is 2.19. The van der Waals surface area contributed by atoms with Gasteiger partial charge in [-0.3, -0.25) is 0 Å². The molecule has 0 radical (unpaired) electrons. The Balaban J connectivity index is 2.06. The van der Waals surface area contributed by atoms with Crippen molar-refractivity contribution >= 4 is 17.6 Å². The molecule has 0 amide bonds. The highest BCUT2D eigenvalue weighted by atomic mass is 16.5. The molecule has 132 valence electrons. The number of methoxy groups -OCH3 is 3. The van der Waals surface area contributed by atoms with Gasteiger partial charge in [-0.1, -0.05) is 12.1 Å². The summed E-state index contributed by atoms with van der Waals surface area (Å²) in [7, 11) is 4.48. The van der Waals surface area contributed by atoms with Crippen LogP contribution in [0.2, 0.25) is 0 Å². The molecule has 0 saturated heterocycles. The quantitative estimate of drug-likeness (QED) is 0.475. The molecule has 0 aliphatic heterocycles. The first-order chi connectivity index (χ1) is 12.1. The van der Waals surface area contributed by atoms with Crippen LogP contribution in [0.15, 0.2) is 47.5 Å². The Bertz CT molecular complexity index is 775. The lowest BCUT2D eigenvalue weighted by molar-refractivity contribution is 0.0600. The number of nitrogens with zero attached hydrogens (tertiary/aromatic N) is 1. The lowest BCUT2D eigenvalue weighted by Gasteiger charge is -2.11. The molecule has 0 aliphatic rings. The van der Waals surface area contributed by atoms with E-state index in [9.17, 15) is 4.79 Å². The van der Waals surface area contributed by atoms with Crippen molar-refractivity contribution in [2.45, 2.75) is 6.54 Å². The van der Waals surface area contributed by atoms with Gasteiger partial charge in [-0.15, -0.1) is 0 Å². The van der Waals surface area contributed by atoms with Crippen molar-refractivity contribution in [1.82, 2.24) is 0 Å². The van der Waals surface area contributed by atoms with Crippen molar-refractivity contribution in [3.63, 3.8) is 0 Å². The summed E-state index contributed by atoms with van der Waals surface area (Å²) in [4.78, 5) is 15.8. The Hall–Kier alpha value is -3.22. The minimum atomic E-state index is -0.387. The summed E-state index contributed by atoms with van der Waals surface area (Å²) in [6, 6.07) is 12.4. The van der Waals surface area contributed by atoms with Gasteiger partial charge in [0.2, 0.25) is 0 Å². The summed E-state index contributed by atoms with van der Waals surface area (Å²) >= 11 is 0. The van der Waals surface area contributed by atoms with Crippen molar-refractivity contribution in [2.24, 2.45) is 10.7 Å². The largest absolute Gasteiger partial charge is 0.493 e. The molecule has 25 heavy (non-hydrogen) atoms. The Morgan fingerprint density at radius 3 is 2.52 bits per heavy atom. The number of carbonyl (C=O) groups is 1. The number of ether oxygens (including phenoxy) is 3. The third kappa shape index (κ3) is 4.87. The monoisotopic (exact) mass is 343 g/mol. The Kier molecular flexibility index (Phi) is 6.22. The smallest absolute Gasteiger partial charge is 0.337 e. The zero-order valence-corrected chi connectivity index (χ0v) is 14.4. The molecule has 0 aromatic heterocycles. The molecule has 2 aromatic carbocycles. The van der Waals surface area contributed by atoms with Crippen LogP contribution in [0.1, 0.15) is 15.9 Å². The summed E-state index contributed by atoms with van der Waals surface area (Å²) in [6.45, 7) is 0.330. The predicted octanol–water partition coefficient (Wildman–Crippen LogP) is 2.42. The number of benzene rings is 2. The molecule has 0 atom stereocenters. The average molecular weight is 343 g/mol. The van der Waals surface area contributed by atoms with Crippen molar-refractivity contribution in [2.75, 3.05) is 26.6 Å². The van der Waals surface area contributed by atoms with Gasteiger partial charge in [0.1, 0.15) is 0 Å². The number of nitrogens with two attached hydrogens (primary N) is 1. The number of guanidine groups is 1. The summed E-state index contributed by atoms with van der Waals surface area (Å²) in [5.74, 6) is 1.08. The lowest BCUT2D eigenvalue weighted by atomic mass is 10.1. The first-order valence-corrected chi connectivity index (χ1v) is 7.53. The van der Waals surface area contributed by atoms with Crippen LogP contribution in [0.4, 0.5) is 5.69 Å². The molecule has 0 saturated carbocycles. The highest BCUT2D eigenvalue weighted by Gasteiger charge is 2.06. The van der Waals surface area contributed by atoms with Gasteiger partial charge in [-0.2, -0.15) is 0 Å². The number of esters is 1. The van der Waals surface area contributed by atoms with Gasteiger partial charge in [-0.05, 0) is 29.8 Å². The molecule has 0 aliphatic carbocycles. The van der Waals surface area contributed by atoms with Crippen LogP contribution < -0.4 is 20.5 Å². The van der Waals surface area contributed by atoms with Crippen LogP contribution in [-0.2, 0) is 11.3 Å². The number of hydrogen-bond acceptors (Lipinski definition) is 5. The Labute approximate surface area is 146 Å². The van der Waals surface area contributed by atoms with E-state index >= 15 is 0 Å². The standard InChI is InChI=1S/C18H21N3O4/c1-23-15-8-7-14(10-16(15)24-2)21-18(19)20-11-12-5-4-6-13(9-12)17(22)25-3/h4-10H,11H2,1-3H3,(H3,19,20,21). The summed E-state index contributed by atoms with van der Waals surface area (Å²) in [5.41, 5.74) is 7.96. The molecular formula is C18H21N3O4. The maximum absolute atomic E-state index is 11.5. The minimum Gasteiger partial charge on any atom is -0.493 e. The number of carbonyl (C=O) groups excluding carboxylic acids is 1. The molecule has 7 nitrogen and oxygen atoms in total. The fraction of sp³-hybridized carbons (Fsp3) is 0.222. The zero-order valence-electron chi connectivity index (χ0n) is 14.4. The van der Waals surface area contributed by atoms with Gasteiger partial charge >= 0.3 is 5.97 Å². The zero-order chi connectivity index (χ0) is 18.2. The number of rotatable bonds is 6. The van der Waals surface area contributed by atoms with E-state index in [1.165, 1.54) is 7.11 Å². The van der Waals surface area contributed by atoms with Gasteiger partial charge in [0.15, 0.2) is 17.5 Å². The third-order valence-corrected chi connectivity index (χ3v) is 3.44. The highest BCUT2D eigenvalue weighted by molar-refractivity contribution is 5.92. The van der Waals surface area contributed by atoms with Crippen LogP contribution in [0.5, 0.6) is 11.5 Å². The number of nitrogens with one attached hydrogen (secondary N) is 1. The maximum atomic E-state index is 11.5. The Morgan fingerprint density at radius 1 is 1.08 bits per heavy atom. The second-order valence-corrected chi connectivity index (χ2v) is 5.09. The summed E-state index contributed by atoms with van der Waals surface area (Å²) < 4.78 is 15.1. The minimum absolute atomic E-state index is 0.246. The van der Waals surface area contributed by atoms with E-state index in [0.717, 1.165) is 11.3 Å². The van der Waals surface area contributed by atoms with E-state index in [0.29, 0.717) is 23.6 Å². The van der Waals surface area contributed by atoms with E-state index in [2.05, 4.69) is 10.3 Å². The molecule has 2 aromatic rings. The fourth-order valence-corrected chi connectivity index (χ4v) is 2.19. The molecule has 0 unspecified atom stereocenters. The van der Waals surface area contributed by atoms with Crippen LogP contribution in [0.3, 0.4) is 0 Å². The topological polar surface area (TPSA) is 95.2 Å². The number of hydrogen-bond donors (Lipinski definition) is 2. The molecule has 0 fully saturated rings. The molecule has 3 N–H and O–H groups in total. The normalized spacial score (nSPS) is 10.9. The van der Waals surface area contributed by atoms with Gasteiger partial charge in [0, 0.05) is 11.8 Å². The highest BCUT2D eigenvalue weighted by Crippen LogP contribution is 2.29. The van der Waals surface area contributed by atoms with Crippen LogP contribution in [-0.4, -0.2) is 33.3 Å². The van der Waals surface area contributed by atoms with Crippen LogP contribution in [0.25, 0.3) is 0 Å². The Morgan fingerprint density at radius 2 is 1.84 bits per heavy atom. The summed E-state index contributed by atoms with van der Waals surface area (Å²) in [6.07, 6.45) is 0. The maximum Gasteiger partial charge on any atom is 0.337 e. The molecule has 0 spiro atoms. The van der Waals surface area contributed by atoms with E-state index < -0.39 is 0 Å². The van der Waals surface area contributed by atoms with Gasteiger partial charge in [0.05, 0.1) is 33.4 Å². The average Bonchev–Trinajstić information content (AvgIpc) is 2.65. The predicted molar refractivity (Wildman–Crippen MR) is 96.3 cm³/mol. The van der Waals surface area contributed by atoms with Crippen molar-refractivity contribution in [3.05, 3.63) is 53.6 Å². The molecule has 7 heteroatoms. The third-order valence-electron chi connectivity index (χ3n) is 3.44. The number of anilines is 1.